The Morgan fingerprint density at radius 3 is 2.88 bits per heavy atom. The SMILES string of the molecule is O=C(O)c1cc(-c2ccncc2F)n(Br)c1. The predicted molar refractivity (Wildman–Crippen MR) is 58.9 cm³/mol. The second-order valence-corrected chi connectivity index (χ2v) is 3.85. The fraction of sp³-hybridized carbons (Fsp3) is 0. The molecule has 0 spiro atoms. The zero-order valence-electron chi connectivity index (χ0n) is 7.89. The van der Waals surface area contributed by atoms with Crippen LogP contribution in [0.5, 0.6) is 0 Å². The summed E-state index contributed by atoms with van der Waals surface area (Å²) in [4.78, 5) is 14.4. The lowest BCUT2D eigenvalue weighted by atomic mass is 10.2. The Bertz CT molecular complexity index is 554. The number of halogens is 2. The van der Waals surface area contributed by atoms with Crippen molar-refractivity contribution in [3.05, 3.63) is 42.1 Å². The molecule has 0 bridgehead atoms. The van der Waals surface area contributed by atoms with Crippen molar-refractivity contribution in [1.29, 1.82) is 0 Å². The molecule has 0 amide bonds. The van der Waals surface area contributed by atoms with E-state index < -0.39 is 11.8 Å². The van der Waals surface area contributed by atoms with Gasteiger partial charge < -0.3 is 5.11 Å². The molecule has 16 heavy (non-hydrogen) atoms. The molecule has 82 valence electrons. The van der Waals surface area contributed by atoms with Gasteiger partial charge in [0.1, 0.15) is 0 Å². The average molecular weight is 285 g/mol. The van der Waals surface area contributed by atoms with Crippen LogP contribution in [0.15, 0.2) is 30.7 Å². The van der Waals surface area contributed by atoms with Crippen molar-refractivity contribution in [2.75, 3.05) is 0 Å². The molecule has 2 rings (SSSR count). The molecule has 2 aromatic rings. The number of carbonyl (C=O) groups is 1. The van der Waals surface area contributed by atoms with E-state index in [9.17, 15) is 9.18 Å². The van der Waals surface area contributed by atoms with Gasteiger partial charge in [-0.3, -0.25) is 8.58 Å². The van der Waals surface area contributed by atoms with Crippen LogP contribution in [0.25, 0.3) is 11.3 Å². The fourth-order valence-corrected chi connectivity index (χ4v) is 1.84. The Labute approximate surface area is 98.7 Å². The molecule has 2 aromatic heterocycles. The summed E-state index contributed by atoms with van der Waals surface area (Å²) < 4.78 is 14.8. The normalized spacial score (nSPS) is 10.4. The molecule has 1 N–H and O–H groups in total. The van der Waals surface area contributed by atoms with Crippen LogP contribution in [0.2, 0.25) is 0 Å². The van der Waals surface area contributed by atoms with Crippen molar-refractivity contribution >= 4 is 22.1 Å². The van der Waals surface area contributed by atoms with E-state index in [1.165, 1.54) is 28.1 Å². The van der Waals surface area contributed by atoms with Gasteiger partial charge in [-0.15, -0.1) is 0 Å². The van der Waals surface area contributed by atoms with Gasteiger partial charge in [-0.1, -0.05) is 0 Å². The van der Waals surface area contributed by atoms with Gasteiger partial charge in [-0.2, -0.15) is 0 Å². The first-order valence-corrected chi connectivity index (χ1v) is 5.02. The minimum Gasteiger partial charge on any atom is -0.478 e. The van der Waals surface area contributed by atoms with E-state index in [2.05, 4.69) is 21.1 Å². The number of rotatable bonds is 2. The number of carboxylic acids is 1. The van der Waals surface area contributed by atoms with E-state index in [4.69, 9.17) is 5.11 Å². The highest BCUT2D eigenvalue weighted by Crippen LogP contribution is 2.26. The number of carboxylic acid groups (broad SMARTS) is 1. The molecule has 2 heterocycles. The van der Waals surface area contributed by atoms with Gasteiger partial charge in [0.15, 0.2) is 5.82 Å². The molecule has 0 fully saturated rings. The molecule has 0 saturated carbocycles. The van der Waals surface area contributed by atoms with Crippen LogP contribution in [0.1, 0.15) is 10.4 Å². The Kier molecular flexibility index (Phi) is 2.74. The molecule has 0 atom stereocenters. The summed E-state index contributed by atoms with van der Waals surface area (Å²) >= 11 is 3.12. The molecule has 6 heteroatoms. The molecule has 0 unspecified atom stereocenters. The first-order valence-electron chi connectivity index (χ1n) is 4.31. The highest BCUT2D eigenvalue weighted by molar-refractivity contribution is 9.08. The van der Waals surface area contributed by atoms with Crippen molar-refractivity contribution in [2.24, 2.45) is 0 Å². The maximum Gasteiger partial charge on any atom is 0.337 e. The van der Waals surface area contributed by atoms with Crippen molar-refractivity contribution in [3.63, 3.8) is 0 Å². The summed E-state index contributed by atoms with van der Waals surface area (Å²) in [6.07, 6.45) is 3.88. The number of hydrogen-bond acceptors (Lipinski definition) is 2. The third-order valence-corrected chi connectivity index (χ3v) is 2.66. The van der Waals surface area contributed by atoms with Gasteiger partial charge in [0, 0.05) is 18.0 Å². The molecule has 0 radical (unpaired) electrons. The van der Waals surface area contributed by atoms with Gasteiger partial charge in [-0.05, 0) is 12.1 Å². The summed E-state index contributed by atoms with van der Waals surface area (Å²) in [5.74, 6) is -1.56. The molecule has 0 aliphatic carbocycles. The summed E-state index contributed by atoms with van der Waals surface area (Å²) in [6, 6.07) is 2.86. The van der Waals surface area contributed by atoms with Crippen LogP contribution in [-0.2, 0) is 0 Å². The van der Waals surface area contributed by atoms with E-state index in [0.29, 0.717) is 11.3 Å². The number of aromatic nitrogens is 2. The van der Waals surface area contributed by atoms with E-state index in [0.717, 1.165) is 6.20 Å². The molecular formula is C10H6BrFN2O2. The lowest BCUT2D eigenvalue weighted by Crippen LogP contribution is -1.91. The van der Waals surface area contributed by atoms with Crippen LogP contribution in [-0.4, -0.2) is 19.7 Å². The minimum absolute atomic E-state index is 0.0862. The van der Waals surface area contributed by atoms with E-state index >= 15 is 0 Å². The summed E-state index contributed by atoms with van der Waals surface area (Å²) in [6.45, 7) is 0. The zero-order chi connectivity index (χ0) is 11.7. The maximum atomic E-state index is 13.4. The van der Waals surface area contributed by atoms with Gasteiger partial charge in [-0.25, -0.2) is 9.18 Å². The topological polar surface area (TPSA) is 55.1 Å². The quantitative estimate of drug-likeness (QED) is 0.922. The van der Waals surface area contributed by atoms with Crippen LogP contribution < -0.4 is 0 Å². The van der Waals surface area contributed by atoms with Gasteiger partial charge in [0.2, 0.25) is 0 Å². The highest BCUT2D eigenvalue weighted by atomic mass is 79.9. The fourth-order valence-electron chi connectivity index (χ4n) is 1.33. The average Bonchev–Trinajstić information content (AvgIpc) is 2.61. The molecule has 0 saturated heterocycles. The molecule has 4 nitrogen and oxygen atoms in total. The van der Waals surface area contributed by atoms with Crippen LogP contribution >= 0.6 is 16.1 Å². The van der Waals surface area contributed by atoms with Crippen molar-refractivity contribution in [2.45, 2.75) is 0 Å². The summed E-state index contributed by atoms with van der Waals surface area (Å²) in [7, 11) is 0. The second kappa shape index (κ2) is 4.05. The smallest absolute Gasteiger partial charge is 0.337 e. The molecular weight excluding hydrogens is 279 g/mol. The van der Waals surface area contributed by atoms with Crippen LogP contribution in [0.4, 0.5) is 4.39 Å². The lowest BCUT2D eigenvalue weighted by Gasteiger charge is -2.01. The van der Waals surface area contributed by atoms with Crippen molar-refractivity contribution < 1.29 is 14.3 Å². The monoisotopic (exact) mass is 284 g/mol. The standard InChI is InChI=1S/C10H6BrFN2O2/c11-14-5-6(10(15)16)3-9(14)7-1-2-13-4-8(7)12/h1-5H,(H,15,16). The highest BCUT2D eigenvalue weighted by Gasteiger charge is 2.14. The van der Waals surface area contributed by atoms with Crippen molar-refractivity contribution in [1.82, 2.24) is 8.58 Å². The van der Waals surface area contributed by atoms with Gasteiger partial charge >= 0.3 is 5.97 Å². The van der Waals surface area contributed by atoms with E-state index in [1.807, 2.05) is 0 Å². The molecule has 0 aliphatic rings. The Balaban J connectivity index is 2.57. The van der Waals surface area contributed by atoms with Crippen LogP contribution in [0, 0.1) is 5.82 Å². The third kappa shape index (κ3) is 1.83. The molecule has 0 aliphatic heterocycles. The predicted octanol–water partition coefficient (Wildman–Crippen LogP) is 2.55. The third-order valence-electron chi connectivity index (χ3n) is 2.07. The maximum absolute atomic E-state index is 13.4. The first kappa shape index (κ1) is 10.8. The minimum atomic E-state index is -1.06. The number of pyridine rings is 1. The largest absolute Gasteiger partial charge is 0.478 e. The number of nitrogens with zero attached hydrogens (tertiary/aromatic N) is 2. The summed E-state index contributed by atoms with van der Waals surface area (Å²) in [5.41, 5.74) is 0.805. The van der Waals surface area contributed by atoms with Crippen molar-refractivity contribution in [3.8, 4) is 11.3 Å². The Morgan fingerprint density at radius 1 is 1.56 bits per heavy atom. The second-order valence-electron chi connectivity index (χ2n) is 3.09. The Morgan fingerprint density at radius 2 is 2.31 bits per heavy atom. The first-order chi connectivity index (χ1) is 7.59. The molecule has 0 aromatic carbocycles. The van der Waals surface area contributed by atoms with E-state index in [1.54, 1.807) is 0 Å². The lowest BCUT2D eigenvalue weighted by molar-refractivity contribution is 0.0697. The van der Waals surface area contributed by atoms with E-state index in [-0.39, 0.29) is 5.56 Å². The van der Waals surface area contributed by atoms with Gasteiger partial charge in [0.25, 0.3) is 0 Å². The zero-order valence-corrected chi connectivity index (χ0v) is 9.48. The van der Waals surface area contributed by atoms with Gasteiger partial charge in [0.05, 0.1) is 33.6 Å². The summed E-state index contributed by atoms with van der Waals surface area (Å²) in [5, 5.41) is 8.80. The number of hydrogen-bond donors (Lipinski definition) is 1. The Hall–Kier alpha value is -1.69. The number of aromatic carboxylic acids is 1. The van der Waals surface area contributed by atoms with Crippen LogP contribution in [0.3, 0.4) is 0 Å².